The fourth-order valence-corrected chi connectivity index (χ4v) is 2.67. The van der Waals surface area contributed by atoms with Crippen LogP contribution in [0.2, 0.25) is 5.02 Å². The lowest BCUT2D eigenvalue weighted by atomic mass is 10.1. The SMILES string of the molecule is CCC(=O)c1ccc(Cl)c(S(=O)(=O)N(C)C)c1. The third kappa shape index (κ3) is 2.86. The number of benzene rings is 1. The number of hydrogen-bond acceptors (Lipinski definition) is 3. The van der Waals surface area contributed by atoms with Gasteiger partial charge >= 0.3 is 0 Å². The van der Waals surface area contributed by atoms with Gasteiger partial charge in [-0.05, 0) is 18.2 Å². The molecule has 17 heavy (non-hydrogen) atoms. The molecule has 0 N–H and O–H groups in total. The second kappa shape index (κ2) is 5.16. The van der Waals surface area contributed by atoms with Gasteiger partial charge in [0.05, 0.1) is 5.02 Å². The first-order valence-corrected chi connectivity index (χ1v) is 6.87. The van der Waals surface area contributed by atoms with Crippen LogP contribution in [0.4, 0.5) is 0 Å². The Morgan fingerprint density at radius 3 is 2.41 bits per heavy atom. The number of carbonyl (C=O) groups excluding carboxylic acids is 1. The molecule has 6 heteroatoms. The summed E-state index contributed by atoms with van der Waals surface area (Å²) in [6.45, 7) is 1.72. The van der Waals surface area contributed by atoms with E-state index in [-0.39, 0.29) is 15.7 Å². The molecule has 0 heterocycles. The van der Waals surface area contributed by atoms with Crippen molar-refractivity contribution in [2.24, 2.45) is 0 Å². The van der Waals surface area contributed by atoms with Crippen LogP contribution in [-0.4, -0.2) is 32.6 Å². The molecule has 0 saturated carbocycles. The lowest BCUT2D eigenvalue weighted by molar-refractivity contribution is 0.0988. The van der Waals surface area contributed by atoms with Crippen LogP contribution in [0.15, 0.2) is 23.1 Å². The first-order chi connectivity index (χ1) is 7.80. The molecule has 0 saturated heterocycles. The molecule has 0 atom stereocenters. The first kappa shape index (κ1) is 14.2. The lowest BCUT2D eigenvalue weighted by Crippen LogP contribution is -2.22. The topological polar surface area (TPSA) is 54.5 Å². The van der Waals surface area contributed by atoms with Crippen molar-refractivity contribution in [1.29, 1.82) is 0 Å². The summed E-state index contributed by atoms with van der Waals surface area (Å²) in [7, 11) is -0.789. The first-order valence-electron chi connectivity index (χ1n) is 5.06. The maximum absolute atomic E-state index is 11.9. The van der Waals surface area contributed by atoms with E-state index in [0.29, 0.717) is 12.0 Å². The van der Waals surface area contributed by atoms with Crippen molar-refractivity contribution in [3.63, 3.8) is 0 Å². The van der Waals surface area contributed by atoms with Gasteiger partial charge in [-0.25, -0.2) is 12.7 Å². The molecule has 0 unspecified atom stereocenters. The Morgan fingerprint density at radius 1 is 1.35 bits per heavy atom. The zero-order valence-electron chi connectivity index (χ0n) is 9.90. The second-order valence-electron chi connectivity index (χ2n) is 3.71. The van der Waals surface area contributed by atoms with E-state index in [4.69, 9.17) is 11.6 Å². The lowest BCUT2D eigenvalue weighted by Gasteiger charge is -2.13. The highest BCUT2D eigenvalue weighted by Gasteiger charge is 2.21. The van der Waals surface area contributed by atoms with E-state index in [9.17, 15) is 13.2 Å². The molecule has 1 aromatic rings. The molecular weight excluding hydrogens is 262 g/mol. The van der Waals surface area contributed by atoms with Crippen LogP contribution < -0.4 is 0 Å². The van der Waals surface area contributed by atoms with Gasteiger partial charge in [0, 0.05) is 26.1 Å². The molecule has 1 aromatic carbocycles. The number of nitrogens with zero attached hydrogens (tertiary/aromatic N) is 1. The average Bonchev–Trinajstić information content (AvgIpc) is 2.28. The Kier molecular flexibility index (Phi) is 4.30. The summed E-state index contributed by atoms with van der Waals surface area (Å²) in [5, 5.41) is 0.117. The Balaban J connectivity index is 3.40. The number of halogens is 1. The fourth-order valence-electron chi connectivity index (χ4n) is 1.28. The van der Waals surface area contributed by atoms with Crippen molar-refractivity contribution in [2.75, 3.05) is 14.1 Å². The summed E-state index contributed by atoms with van der Waals surface area (Å²) in [4.78, 5) is 11.5. The minimum atomic E-state index is -3.62. The third-order valence-electron chi connectivity index (χ3n) is 2.33. The van der Waals surface area contributed by atoms with Crippen molar-refractivity contribution in [1.82, 2.24) is 4.31 Å². The molecule has 0 radical (unpaired) electrons. The van der Waals surface area contributed by atoms with Gasteiger partial charge in [0.15, 0.2) is 5.78 Å². The van der Waals surface area contributed by atoms with E-state index in [1.807, 2.05) is 0 Å². The molecule has 0 aliphatic heterocycles. The van der Waals surface area contributed by atoms with E-state index in [2.05, 4.69) is 0 Å². The molecule has 0 aliphatic carbocycles. The summed E-state index contributed by atoms with van der Waals surface area (Å²) in [5.74, 6) is -0.114. The van der Waals surface area contributed by atoms with Crippen LogP contribution in [0.5, 0.6) is 0 Å². The number of hydrogen-bond donors (Lipinski definition) is 0. The van der Waals surface area contributed by atoms with E-state index < -0.39 is 10.0 Å². The highest BCUT2D eigenvalue weighted by Crippen LogP contribution is 2.25. The molecule has 0 bridgehead atoms. The molecule has 1 rings (SSSR count). The monoisotopic (exact) mass is 275 g/mol. The van der Waals surface area contributed by atoms with Crippen LogP contribution >= 0.6 is 11.6 Å². The van der Waals surface area contributed by atoms with Crippen molar-refractivity contribution in [2.45, 2.75) is 18.2 Å². The Labute approximate surface area is 106 Å². The van der Waals surface area contributed by atoms with Crippen LogP contribution in [-0.2, 0) is 10.0 Å². The molecule has 0 amide bonds. The molecule has 94 valence electrons. The van der Waals surface area contributed by atoms with Gasteiger partial charge < -0.3 is 0 Å². The predicted molar refractivity (Wildman–Crippen MR) is 66.9 cm³/mol. The van der Waals surface area contributed by atoms with Crippen molar-refractivity contribution >= 4 is 27.4 Å². The highest BCUT2D eigenvalue weighted by molar-refractivity contribution is 7.89. The summed E-state index contributed by atoms with van der Waals surface area (Å²) < 4.78 is 25.0. The Hall–Kier alpha value is -0.910. The summed E-state index contributed by atoms with van der Waals surface area (Å²) in [6, 6.07) is 4.28. The minimum Gasteiger partial charge on any atom is -0.294 e. The normalized spacial score (nSPS) is 11.8. The van der Waals surface area contributed by atoms with Crippen LogP contribution in [0.3, 0.4) is 0 Å². The van der Waals surface area contributed by atoms with Gasteiger partial charge in [0.25, 0.3) is 0 Å². The fraction of sp³-hybridized carbons (Fsp3) is 0.364. The average molecular weight is 276 g/mol. The minimum absolute atomic E-state index is 0.0385. The predicted octanol–water partition coefficient (Wildman–Crippen LogP) is 2.18. The van der Waals surface area contributed by atoms with Gasteiger partial charge in [-0.2, -0.15) is 0 Å². The molecule has 0 spiro atoms. The summed E-state index contributed by atoms with van der Waals surface area (Å²) >= 11 is 5.86. The number of sulfonamides is 1. The number of Topliss-reactive ketones (excluding diaryl/α,β-unsaturated/α-hetero) is 1. The van der Waals surface area contributed by atoms with Gasteiger partial charge in [-0.15, -0.1) is 0 Å². The van der Waals surface area contributed by atoms with Gasteiger partial charge in [0.1, 0.15) is 4.90 Å². The van der Waals surface area contributed by atoms with Gasteiger partial charge in [-0.3, -0.25) is 4.79 Å². The van der Waals surface area contributed by atoms with Crippen molar-refractivity contribution in [3.8, 4) is 0 Å². The Bertz CT molecular complexity index is 538. The number of rotatable bonds is 4. The van der Waals surface area contributed by atoms with E-state index in [0.717, 1.165) is 4.31 Å². The van der Waals surface area contributed by atoms with Crippen molar-refractivity contribution in [3.05, 3.63) is 28.8 Å². The van der Waals surface area contributed by atoms with Crippen LogP contribution in [0.1, 0.15) is 23.7 Å². The Morgan fingerprint density at radius 2 is 1.94 bits per heavy atom. The number of ketones is 1. The van der Waals surface area contributed by atoms with E-state index >= 15 is 0 Å². The van der Waals surface area contributed by atoms with Crippen LogP contribution in [0.25, 0.3) is 0 Å². The maximum Gasteiger partial charge on any atom is 0.244 e. The number of carbonyl (C=O) groups is 1. The zero-order chi connectivity index (χ0) is 13.2. The third-order valence-corrected chi connectivity index (χ3v) is 4.63. The molecular formula is C11H14ClNO3S. The second-order valence-corrected chi connectivity index (χ2v) is 6.24. The van der Waals surface area contributed by atoms with Gasteiger partial charge in [-0.1, -0.05) is 18.5 Å². The summed E-state index contributed by atoms with van der Waals surface area (Å²) in [6.07, 6.45) is 0.323. The standard InChI is InChI=1S/C11H14ClNO3S/c1-4-10(14)8-5-6-9(12)11(7-8)17(15,16)13(2)3/h5-7H,4H2,1-3H3. The maximum atomic E-state index is 11.9. The molecule has 0 fully saturated rings. The smallest absolute Gasteiger partial charge is 0.244 e. The quantitative estimate of drug-likeness (QED) is 0.792. The van der Waals surface area contributed by atoms with E-state index in [1.54, 1.807) is 6.92 Å². The zero-order valence-corrected chi connectivity index (χ0v) is 11.5. The molecule has 0 aromatic heterocycles. The van der Waals surface area contributed by atoms with Gasteiger partial charge in [0.2, 0.25) is 10.0 Å². The van der Waals surface area contributed by atoms with Crippen molar-refractivity contribution < 1.29 is 13.2 Å². The van der Waals surface area contributed by atoms with Crippen LogP contribution in [0, 0.1) is 0 Å². The molecule has 0 aliphatic rings. The largest absolute Gasteiger partial charge is 0.294 e. The molecule has 4 nitrogen and oxygen atoms in total. The van der Waals surface area contributed by atoms with E-state index in [1.165, 1.54) is 32.3 Å². The highest BCUT2D eigenvalue weighted by atomic mass is 35.5. The summed E-state index contributed by atoms with van der Waals surface area (Å²) in [5.41, 5.74) is 0.359.